The fraction of sp³-hybridized carbons (Fsp3) is 0. The molecule has 0 saturated carbocycles. The molecule has 1 aromatic heterocycles. The molecule has 8 nitrogen and oxygen atoms in total. The van der Waals surface area contributed by atoms with Crippen LogP contribution in [0, 0.1) is 5.82 Å². The average molecular weight is 283 g/mol. The molecule has 0 spiro atoms. The molecule has 0 saturated heterocycles. The van der Waals surface area contributed by atoms with E-state index < -0.39 is 23.5 Å². The lowest BCUT2D eigenvalue weighted by Crippen LogP contribution is -2.21. The molecule has 0 aliphatic carbocycles. The predicted molar refractivity (Wildman–Crippen MR) is 63.7 cm³/mol. The average Bonchev–Trinajstić information content (AvgIpc) is 2.84. The van der Waals surface area contributed by atoms with Crippen LogP contribution in [0.4, 0.5) is 20.0 Å². The van der Waals surface area contributed by atoms with Crippen LogP contribution in [0.25, 0.3) is 0 Å². The van der Waals surface area contributed by atoms with Crippen LogP contribution in [0.1, 0.15) is 10.4 Å². The van der Waals surface area contributed by atoms with E-state index in [0.29, 0.717) is 0 Å². The van der Waals surface area contributed by atoms with Crippen molar-refractivity contribution in [2.45, 2.75) is 0 Å². The Morgan fingerprint density at radius 3 is 2.74 bits per heavy atom. The fourth-order valence-corrected chi connectivity index (χ4v) is 1.61. The molecule has 10 heteroatoms. The summed E-state index contributed by atoms with van der Waals surface area (Å²) in [5, 5.41) is 20.0. The van der Waals surface area contributed by atoms with Gasteiger partial charge < -0.3 is 10.4 Å². The van der Waals surface area contributed by atoms with Crippen LogP contribution >= 0.6 is 11.5 Å². The number of halogens is 1. The molecule has 0 radical (unpaired) electrons. The molecule has 19 heavy (non-hydrogen) atoms. The number of hydrogen-bond donors (Lipinski definition) is 3. The molecule has 0 bridgehead atoms. The largest absolute Gasteiger partial charge is 0.478 e. The lowest BCUT2D eigenvalue weighted by molar-refractivity contribution is 0.0697. The minimum atomic E-state index is -1.35. The van der Waals surface area contributed by atoms with Crippen LogP contribution in [0.2, 0.25) is 0 Å². The number of benzene rings is 1. The molecule has 1 aromatic carbocycles. The third-order valence-corrected chi connectivity index (χ3v) is 2.51. The zero-order valence-corrected chi connectivity index (χ0v) is 9.94. The second-order valence-corrected chi connectivity index (χ2v) is 3.95. The van der Waals surface area contributed by atoms with Crippen LogP contribution in [-0.4, -0.2) is 31.9 Å². The standard InChI is InChI=1S/C9H6FN5O3S/c10-5-3-1-2-4(7(16)17)6(5)11-8(18)12-9-13-14-15-19-9/h1-3H,(H,16,17)(H2,11,12,13,15,18). The summed E-state index contributed by atoms with van der Waals surface area (Å²) in [7, 11) is 0. The van der Waals surface area contributed by atoms with Crippen LogP contribution in [-0.2, 0) is 0 Å². The Hall–Kier alpha value is -2.62. The number of rotatable bonds is 3. The minimum Gasteiger partial charge on any atom is -0.478 e. The molecule has 0 fully saturated rings. The highest BCUT2D eigenvalue weighted by Crippen LogP contribution is 2.20. The summed E-state index contributed by atoms with van der Waals surface area (Å²) in [5.41, 5.74) is -0.782. The second-order valence-electron chi connectivity index (χ2n) is 3.21. The molecular weight excluding hydrogens is 277 g/mol. The van der Waals surface area contributed by atoms with Crippen LogP contribution in [0.3, 0.4) is 0 Å². The number of carboxylic acids is 1. The Morgan fingerprint density at radius 1 is 1.32 bits per heavy atom. The lowest BCUT2D eigenvalue weighted by atomic mass is 10.1. The molecule has 2 aromatic rings. The van der Waals surface area contributed by atoms with E-state index in [4.69, 9.17) is 5.11 Å². The van der Waals surface area contributed by atoms with E-state index in [0.717, 1.165) is 17.6 Å². The number of carbonyl (C=O) groups excluding carboxylic acids is 1. The molecule has 1 heterocycles. The van der Waals surface area contributed by atoms with Crippen LogP contribution < -0.4 is 10.6 Å². The van der Waals surface area contributed by atoms with Gasteiger partial charge in [-0.2, -0.15) is 0 Å². The SMILES string of the molecule is O=C(Nc1nnns1)Nc1c(F)cccc1C(=O)O. The van der Waals surface area contributed by atoms with E-state index >= 15 is 0 Å². The van der Waals surface area contributed by atoms with Gasteiger partial charge in [-0.05, 0) is 17.3 Å². The van der Waals surface area contributed by atoms with Crippen molar-refractivity contribution in [3.8, 4) is 0 Å². The molecular formula is C9H6FN5O3S. The van der Waals surface area contributed by atoms with Gasteiger partial charge in [-0.15, -0.1) is 0 Å². The van der Waals surface area contributed by atoms with E-state index in [1.165, 1.54) is 12.1 Å². The molecule has 3 N–H and O–H groups in total. The molecule has 0 aliphatic heterocycles. The maximum atomic E-state index is 13.5. The Kier molecular flexibility index (Phi) is 3.61. The monoisotopic (exact) mass is 283 g/mol. The minimum absolute atomic E-state index is 0.103. The Bertz CT molecular complexity index is 618. The fourth-order valence-electron chi connectivity index (χ4n) is 1.25. The second kappa shape index (κ2) is 5.35. The Morgan fingerprint density at radius 2 is 2.11 bits per heavy atom. The van der Waals surface area contributed by atoms with Gasteiger partial charge in [0, 0.05) is 11.5 Å². The third-order valence-electron chi connectivity index (χ3n) is 2.00. The summed E-state index contributed by atoms with van der Waals surface area (Å²) in [4.78, 5) is 22.4. The van der Waals surface area contributed by atoms with Gasteiger partial charge in [0.05, 0.1) is 11.3 Å². The maximum absolute atomic E-state index is 13.5. The van der Waals surface area contributed by atoms with Gasteiger partial charge in [0.1, 0.15) is 5.82 Å². The Balaban J connectivity index is 2.19. The first-order valence-corrected chi connectivity index (χ1v) is 5.60. The smallest absolute Gasteiger partial charge is 0.337 e. The van der Waals surface area contributed by atoms with Crippen molar-refractivity contribution in [3.05, 3.63) is 29.6 Å². The van der Waals surface area contributed by atoms with Gasteiger partial charge in [-0.3, -0.25) is 5.32 Å². The number of nitrogens with zero attached hydrogens (tertiary/aromatic N) is 3. The van der Waals surface area contributed by atoms with Gasteiger partial charge in [0.2, 0.25) is 5.13 Å². The molecule has 98 valence electrons. The quantitative estimate of drug-likeness (QED) is 0.784. The van der Waals surface area contributed by atoms with Gasteiger partial charge in [0.15, 0.2) is 0 Å². The van der Waals surface area contributed by atoms with Crippen molar-refractivity contribution in [1.82, 2.24) is 14.8 Å². The highest BCUT2D eigenvalue weighted by Gasteiger charge is 2.17. The first-order valence-electron chi connectivity index (χ1n) is 4.83. The van der Waals surface area contributed by atoms with Crippen molar-refractivity contribution in [2.24, 2.45) is 0 Å². The normalized spacial score (nSPS) is 9.95. The Labute approximate surface area is 109 Å². The zero-order chi connectivity index (χ0) is 13.8. The number of anilines is 2. The number of hydrogen-bond acceptors (Lipinski definition) is 6. The highest BCUT2D eigenvalue weighted by atomic mass is 32.1. The van der Waals surface area contributed by atoms with Crippen molar-refractivity contribution in [2.75, 3.05) is 10.6 Å². The van der Waals surface area contributed by atoms with E-state index in [1.807, 2.05) is 0 Å². The number of nitrogens with one attached hydrogen (secondary N) is 2. The van der Waals surface area contributed by atoms with Crippen molar-refractivity contribution >= 4 is 34.4 Å². The van der Waals surface area contributed by atoms with Gasteiger partial charge >= 0.3 is 12.0 Å². The van der Waals surface area contributed by atoms with E-state index in [9.17, 15) is 14.0 Å². The molecule has 0 atom stereocenters. The van der Waals surface area contributed by atoms with Crippen LogP contribution in [0.5, 0.6) is 0 Å². The van der Waals surface area contributed by atoms with Crippen molar-refractivity contribution in [1.29, 1.82) is 0 Å². The summed E-state index contributed by atoms with van der Waals surface area (Å²) in [6.07, 6.45) is 0. The van der Waals surface area contributed by atoms with Crippen molar-refractivity contribution < 1.29 is 19.1 Å². The first-order chi connectivity index (χ1) is 9.08. The van der Waals surface area contributed by atoms with Crippen molar-refractivity contribution in [3.63, 3.8) is 0 Å². The lowest BCUT2D eigenvalue weighted by Gasteiger charge is -2.08. The van der Waals surface area contributed by atoms with Gasteiger partial charge in [0.25, 0.3) is 0 Å². The predicted octanol–water partition coefficient (Wildman–Crippen LogP) is 1.41. The number of aromatic nitrogens is 3. The number of aromatic carboxylic acids is 1. The number of amides is 2. The highest BCUT2D eigenvalue weighted by molar-refractivity contribution is 7.09. The summed E-state index contributed by atoms with van der Waals surface area (Å²) in [6.45, 7) is 0. The summed E-state index contributed by atoms with van der Waals surface area (Å²) in [6, 6.07) is 2.60. The third kappa shape index (κ3) is 2.98. The van der Waals surface area contributed by atoms with Crippen LogP contribution in [0.15, 0.2) is 18.2 Å². The molecule has 0 unspecified atom stereocenters. The first kappa shape index (κ1) is 12.8. The van der Waals surface area contributed by atoms with Gasteiger partial charge in [-0.25, -0.2) is 14.0 Å². The summed E-state index contributed by atoms with van der Waals surface area (Å²) < 4.78 is 16.9. The van der Waals surface area contributed by atoms with Gasteiger partial charge in [-0.1, -0.05) is 15.7 Å². The molecule has 2 rings (SSSR count). The molecule has 0 aliphatic rings. The van der Waals surface area contributed by atoms with E-state index in [2.05, 4.69) is 25.4 Å². The summed E-state index contributed by atoms with van der Waals surface area (Å²) in [5.74, 6) is -2.21. The van der Waals surface area contributed by atoms with E-state index in [1.54, 1.807) is 0 Å². The van der Waals surface area contributed by atoms with E-state index in [-0.39, 0.29) is 10.7 Å². The molecule has 2 amide bonds. The number of para-hydroxylation sites is 1. The zero-order valence-electron chi connectivity index (χ0n) is 9.12. The topological polar surface area (TPSA) is 117 Å². The maximum Gasteiger partial charge on any atom is 0.337 e. The number of carbonyl (C=O) groups is 2. The number of urea groups is 1. The summed E-state index contributed by atoms with van der Waals surface area (Å²) >= 11 is 0.822. The number of carboxylic acid groups (broad SMARTS) is 1.